The lowest BCUT2D eigenvalue weighted by molar-refractivity contribution is -0.122. The van der Waals surface area contributed by atoms with Crippen molar-refractivity contribution in [1.29, 1.82) is 0 Å². The second-order valence-corrected chi connectivity index (χ2v) is 7.06. The van der Waals surface area contributed by atoms with Gasteiger partial charge in [0.2, 0.25) is 11.8 Å². The largest absolute Gasteiger partial charge is 0.467 e. The molecule has 2 amide bonds. The van der Waals surface area contributed by atoms with Crippen LogP contribution in [0.5, 0.6) is 0 Å². The Balaban J connectivity index is 1.56. The van der Waals surface area contributed by atoms with E-state index in [-0.39, 0.29) is 18.2 Å². The number of nitrogens with one attached hydrogen (secondary N) is 2. The summed E-state index contributed by atoms with van der Waals surface area (Å²) >= 11 is 1.27. The number of carbonyl (C=O) groups excluding carboxylic acids is 2. The number of aryl methyl sites for hydroxylation is 2. The van der Waals surface area contributed by atoms with Gasteiger partial charge >= 0.3 is 0 Å². The quantitative estimate of drug-likeness (QED) is 0.861. The molecule has 130 valence electrons. The van der Waals surface area contributed by atoms with Gasteiger partial charge in [-0.3, -0.25) is 14.6 Å². The molecule has 1 unspecified atom stereocenters. The smallest absolute Gasteiger partial charge is 0.240 e. The zero-order valence-corrected chi connectivity index (χ0v) is 14.9. The normalized spacial score (nSPS) is 18.4. The molecule has 1 saturated heterocycles. The van der Waals surface area contributed by atoms with E-state index in [9.17, 15) is 9.59 Å². The molecular formula is C18H19N3O3S. The molecule has 1 fully saturated rings. The van der Waals surface area contributed by atoms with E-state index in [0.717, 1.165) is 22.6 Å². The minimum absolute atomic E-state index is 0.101. The van der Waals surface area contributed by atoms with Crippen LogP contribution in [-0.4, -0.2) is 22.2 Å². The monoisotopic (exact) mass is 357 g/mol. The number of nitrogens with zero attached hydrogens (tertiary/aromatic N) is 1. The lowest BCUT2D eigenvalue weighted by Gasteiger charge is -2.10. The summed E-state index contributed by atoms with van der Waals surface area (Å²) in [6, 6.07) is 9.43. The minimum atomic E-state index is -0.471. The highest BCUT2D eigenvalue weighted by Gasteiger charge is 2.32. The molecule has 0 aliphatic carbocycles. The van der Waals surface area contributed by atoms with Crippen molar-refractivity contribution in [3.8, 4) is 0 Å². The number of thioether (sulfide) groups is 1. The first-order valence-corrected chi connectivity index (χ1v) is 8.80. The minimum Gasteiger partial charge on any atom is -0.467 e. The Kier molecular flexibility index (Phi) is 5.23. The number of amidine groups is 1. The number of benzene rings is 1. The Morgan fingerprint density at radius 2 is 2.20 bits per heavy atom. The third-order valence-corrected chi connectivity index (χ3v) is 4.88. The van der Waals surface area contributed by atoms with Crippen LogP contribution in [0.3, 0.4) is 0 Å². The average Bonchev–Trinajstić information content (AvgIpc) is 3.18. The Labute approximate surface area is 150 Å². The van der Waals surface area contributed by atoms with Crippen LogP contribution in [0, 0.1) is 13.8 Å². The summed E-state index contributed by atoms with van der Waals surface area (Å²) in [6.07, 6.45) is 1.68. The van der Waals surface area contributed by atoms with Gasteiger partial charge in [0.25, 0.3) is 0 Å². The molecule has 0 spiro atoms. The molecule has 7 heteroatoms. The van der Waals surface area contributed by atoms with Crippen LogP contribution >= 0.6 is 11.8 Å². The molecule has 2 heterocycles. The van der Waals surface area contributed by atoms with Crippen molar-refractivity contribution in [3.05, 3.63) is 53.5 Å². The topological polar surface area (TPSA) is 83.7 Å². The van der Waals surface area contributed by atoms with E-state index in [4.69, 9.17) is 4.42 Å². The maximum atomic E-state index is 12.2. The number of aliphatic imine (C=N–C) groups is 1. The molecule has 0 saturated carbocycles. The maximum absolute atomic E-state index is 12.2. The van der Waals surface area contributed by atoms with Gasteiger partial charge < -0.3 is 15.1 Å². The first kappa shape index (κ1) is 17.3. The predicted octanol–water partition coefficient (Wildman–Crippen LogP) is 3.01. The number of hydrogen-bond donors (Lipinski definition) is 2. The number of amides is 2. The number of rotatable bonds is 5. The van der Waals surface area contributed by atoms with Crippen molar-refractivity contribution in [1.82, 2.24) is 5.32 Å². The van der Waals surface area contributed by atoms with E-state index in [1.54, 1.807) is 12.3 Å². The predicted molar refractivity (Wildman–Crippen MR) is 98.5 cm³/mol. The van der Waals surface area contributed by atoms with E-state index >= 15 is 0 Å². The number of hydrogen-bond acceptors (Lipinski definition) is 5. The fraction of sp³-hybridized carbons (Fsp3) is 0.278. The Hall–Kier alpha value is -2.54. The summed E-state index contributed by atoms with van der Waals surface area (Å²) in [5.74, 6) is 0.337. The standard InChI is InChI=1S/C18H19N3O3S/c1-11-5-6-14(12(2)8-11)20-16(22)9-15-17(23)21-18(25-15)19-10-13-4-3-7-24-13/h3-8,15H,9-10H2,1-2H3,(H,20,22)(H,19,21,23). The van der Waals surface area contributed by atoms with Crippen molar-refractivity contribution in [2.75, 3.05) is 5.32 Å². The molecule has 6 nitrogen and oxygen atoms in total. The second-order valence-electron chi connectivity index (χ2n) is 5.87. The summed E-state index contributed by atoms with van der Waals surface area (Å²) in [5, 5.41) is 5.62. The molecule has 1 aromatic carbocycles. The summed E-state index contributed by atoms with van der Waals surface area (Å²) in [7, 11) is 0. The molecule has 1 aliphatic rings. The Morgan fingerprint density at radius 3 is 2.92 bits per heavy atom. The Morgan fingerprint density at radius 1 is 1.36 bits per heavy atom. The average molecular weight is 357 g/mol. The molecule has 25 heavy (non-hydrogen) atoms. The molecule has 2 N–H and O–H groups in total. The zero-order chi connectivity index (χ0) is 17.8. The van der Waals surface area contributed by atoms with Gasteiger partial charge in [-0.2, -0.15) is 0 Å². The zero-order valence-electron chi connectivity index (χ0n) is 14.0. The summed E-state index contributed by atoms with van der Waals surface area (Å²) in [4.78, 5) is 28.6. The van der Waals surface area contributed by atoms with Gasteiger partial charge in [0.05, 0.1) is 12.8 Å². The second kappa shape index (κ2) is 7.57. The molecule has 1 aliphatic heterocycles. The van der Waals surface area contributed by atoms with Gasteiger partial charge in [-0.25, -0.2) is 0 Å². The number of furan rings is 1. The van der Waals surface area contributed by atoms with E-state index < -0.39 is 5.25 Å². The van der Waals surface area contributed by atoms with Crippen LogP contribution in [0.25, 0.3) is 0 Å². The lowest BCUT2D eigenvalue weighted by atomic mass is 10.1. The van der Waals surface area contributed by atoms with E-state index in [0.29, 0.717) is 11.7 Å². The van der Waals surface area contributed by atoms with E-state index in [1.165, 1.54) is 11.8 Å². The number of carbonyl (C=O) groups is 2. The van der Waals surface area contributed by atoms with Crippen LogP contribution in [0.1, 0.15) is 23.3 Å². The number of anilines is 1. The third kappa shape index (κ3) is 4.51. The molecule has 1 aromatic heterocycles. The van der Waals surface area contributed by atoms with Gasteiger partial charge in [0.15, 0.2) is 5.17 Å². The first-order valence-electron chi connectivity index (χ1n) is 7.93. The summed E-state index contributed by atoms with van der Waals surface area (Å²) in [6.45, 7) is 4.30. The highest BCUT2D eigenvalue weighted by molar-refractivity contribution is 8.15. The van der Waals surface area contributed by atoms with Gasteiger partial charge in [-0.1, -0.05) is 29.5 Å². The van der Waals surface area contributed by atoms with Gasteiger partial charge in [-0.05, 0) is 37.6 Å². The molecular weight excluding hydrogens is 338 g/mol. The van der Waals surface area contributed by atoms with Crippen molar-refractivity contribution in [2.24, 2.45) is 4.99 Å². The molecule has 1 atom stereocenters. The molecule has 3 rings (SSSR count). The van der Waals surface area contributed by atoms with Crippen LogP contribution in [0.2, 0.25) is 0 Å². The van der Waals surface area contributed by atoms with Crippen molar-refractivity contribution in [3.63, 3.8) is 0 Å². The van der Waals surface area contributed by atoms with Crippen LogP contribution in [0.15, 0.2) is 46.0 Å². The Bertz CT molecular complexity index is 815. The van der Waals surface area contributed by atoms with Crippen LogP contribution in [-0.2, 0) is 16.1 Å². The lowest BCUT2D eigenvalue weighted by Crippen LogP contribution is -2.28. The third-order valence-electron chi connectivity index (χ3n) is 3.76. The molecule has 0 bridgehead atoms. The van der Waals surface area contributed by atoms with Gasteiger partial charge in [0, 0.05) is 12.1 Å². The fourth-order valence-electron chi connectivity index (χ4n) is 2.49. The van der Waals surface area contributed by atoms with Crippen molar-refractivity contribution in [2.45, 2.75) is 32.1 Å². The maximum Gasteiger partial charge on any atom is 0.240 e. The van der Waals surface area contributed by atoms with Crippen LogP contribution < -0.4 is 10.6 Å². The van der Waals surface area contributed by atoms with Crippen LogP contribution in [0.4, 0.5) is 5.69 Å². The van der Waals surface area contributed by atoms with Gasteiger partial charge in [0.1, 0.15) is 11.0 Å². The van der Waals surface area contributed by atoms with Crippen molar-refractivity contribution >= 4 is 34.4 Å². The first-order chi connectivity index (χ1) is 12.0. The summed E-state index contributed by atoms with van der Waals surface area (Å²) in [5.41, 5.74) is 2.90. The van der Waals surface area contributed by atoms with Crippen molar-refractivity contribution < 1.29 is 14.0 Å². The SMILES string of the molecule is Cc1ccc(NC(=O)CC2SC(=NCc3ccco3)NC2=O)c(C)c1. The molecule has 2 aromatic rings. The molecule has 0 radical (unpaired) electrons. The van der Waals surface area contributed by atoms with E-state index in [1.807, 2.05) is 38.1 Å². The fourth-order valence-corrected chi connectivity index (χ4v) is 3.46. The highest BCUT2D eigenvalue weighted by Crippen LogP contribution is 2.24. The van der Waals surface area contributed by atoms with E-state index in [2.05, 4.69) is 15.6 Å². The van der Waals surface area contributed by atoms with Gasteiger partial charge in [-0.15, -0.1) is 0 Å². The highest BCUT2D eigenvalue weighted by atomic mass is 32.2. The summed E-state index contributed by atoms with van der Waals surface area (Å²) < 4.78 is 5.20.